The largest absolute Gasteiger partial charge is 0.334 e. The van der Waals surface area contributed by atoms with Crippen LogP contribution in [-0.2, 0) is 6.54 Å². The zero-order valence-corrected chi connectivity index (χ0v) is 17.5. The van der Waals surface area contributed by atoms with Crippen molar-refractivity contribution in [3.8, 4) is 5.69 Å². The summed E-state index contributed by atoms with van der Waals surface area (Å²) in [6.07, 6.45) is 0.685. The van der Waals surface area contributed by atoms with Crippen LogP contribution in [0.1, 0.15) is 33.7 Å². The number of nitrogens with two attached hydrogens (primary N) is 1. The molecule has 1 aromatic heterocycles. The summed E-state index contributed by atoms with van der Waals surface area (Å²) in [5.41, 5.74) is 8.94. The van der Waals surface area contributed by atoms with Gasteiger partial charge in [-0.25, -0.2) is 9.07 Å². The number of carbonyl (C=O) groups is 1. The average Bonchev–Trinajstić information content (AvgIpc) is 3.03. The van der Waals surface area contributed by atoms with Crippen LogP contribution in [0.15, 0.2) is 54.6 Å². The van der Waals surface area contributed by atoms with Crippen molar-refractivity contribution in [2.45, 2.75) is 26.8 Å². The van der Waals surface area contributed by atoms with Gasteiger partial charge in [0.2, 0.25) is 0 Å². The van der Waals surface area contributed by atoms with E-state index in [2.05, 4.69) is 5.10 Å². The Morgan fingerprint density at radius 1 is 1.14 bits per heavy atom. The van der Waals surface area contributed by atoms with Gasteiger partial charge in [0.1, 0.15) is 11.5 Å². The Hall–Kier alpha value is -2.70. The quantitative estimate of drug-likeness (QED) is 0.632. The molecule has 5 nitrogen and oxygen atoms in total. The lowest BCUT2D eigenvalue weighted by Gasteiger charge is -2.23. The van der Waals surface area contributed by atoms with Crippen molar-refractivity contribution < 1.29 is 9.18 Å². The van der Waals surface area contributed by atoms with E-state index in [4.69, 9.17) is 5.73 Å². The highest BCUT2D eigenvalue weighted by molar-refractivity contribution is 5.94. The molecule has 1 amide bonds. The predicted molar refractivity (Wildman–Crippen MR) is 115 cm³/mol. The second kappa shape index (κ2) is 10.2. The molecule has 0 atom stereocenters. The number of amides is 1. The van der Waals surface area contributed by atoms with Crippen molar-refractivity contribution in [1.82, 2.24) is 14.7 Å². The molecule has 0 bridgehead atoms. The van der Waals surface area contributed by atoms with Gasteiger partial charge in [0, 0.05) is 24.3 Å². The molecule has 0 saturated heterocycles. The summed E-state index contributed by atoms with van der Waals surface area (Å²) in [4.78, 5) is 14.7. The number of aromatic nitrogens is 2. The smallest absolute Gasteiger partial charge is 0.254 e. The van der Waals surface area contributed by atoms with Gasteiger partial charge in [0.05, 0.1) is 5.69 Å². The molecule has 29 heavy (non-hydrogen) atoms. The van der Waals surface area contributed by atoms with Gasteiger partial charge in [-0.2, -0.15) is 5.10 Å². The molecule has 0 aliphatic carbocycles. The molecule has 3 rings (SSSR count). The van der Waals surface area contributed by atoms with Crippen molar-refractivity contribution in [3.63, 3.8) is 0 Å². The molecule has 0 fully saturated rings. The van der Waals surface area contributed by atoms with Gasteiger partial charge < -0.3 is 10.6 Å². The first kappa shape index (κ1) is 22.6. The van der Waals surface area contributed by atoms with Crippen LogP contribution in [0.5, 0.6) is 0 Å². The van der Waals surface area contributed by atoms with Crippen LogP contribution in [0.25, 0.3) is 5.69 Å². The summed E-state index contributed by atoms with van der Waals surface area (Å²) in [5, 5.41) is 4.31. The van der Waals surface area contributed by atoms with E-state index in [9.17, 15) is 9.18 Å². The first-order chi connectivity index (χ1) is 13.5. The Morgan fingerprint density at radius 3 is 2.45 bits per heavy atom. The highest BCUT2D eigenvalue weighted by Gasteiger charge is 2.18. The number of hydrogen-bond acceptors (Lipinski definition) is 3. The van der Waals surface area contributed by atoms with E-state index in [0.29, 0.717) is 37.3 Å². The number of carbonyl (C=O) groups excluding carboxylic acids is 1. The average molecular weight is 417 g/mol. The van der Waals surface area contributed by atoms with Crippen molar-refractivity contribution in [2.75, 3.05) is 13.1 Å². The zero-order chi connectivity index (χ0) is 20.1. The molecule has 0 spiro atoms. The second-order valence-corrected chi connectivity index (χ2v) is 6.86. The molecule has 154 valence electrons. The third-order valence-electron chi connectivity index (χ3n) is 4.57. The van der Waals surface area contributed by atoms with E-state index in [0.717, 1.165) is 17.0 Å². The summed E-state index contributed by atoms with van der Waals surface area (Å²) < 4.78 is 16.3. The van der Waals surface area contributed by atoms with Gasteiger partial charge in [-0.1, -0.05) is 30.3 Å². The summed E-state index contributed by atoms with van der Waals surface area (Å²) in [6.45, 7) is 5.19. The second-order valence-electron chi connectivity index (χ2n) is 6.86. The van der Waals surface area contributed by atoms with Crippen molar-refractivity contribution >= 4 is 18.3 Å². The topological polar surface area (TPSA) is 64.2 Å². The van der Waals surface area contributed by atoms with Gasteiger partial charge >= 0.3 is 0 Å². The minimum Gasteiger partial charge on any atom is -0.334 e. The fraction of sp³-hybridized carbons (Fsp3) is 0.273. The van der Waals surface area contributed by atoms with Crippen LogP contribution in [0, 0.1) is 19.7 Å². The molecule has 2 aromatic carbocycles. The Labute approximate surface area is 176 Å². The van der Waals surface area contributed by atoms with Gasteiger partial charge in [-0.15, -0.1) is 12.4 Å². The number of benzene rings is 2. The molecule has 0 saturated carbocycles. The van der Waals surface area contributed by atoms with E-state index in [1.807, 2.05) is 50.2 Å². The van der Waals surface area contributed by atoms with Crippen molar-refractivity contribution in [3.05, 3.63) is 82.9 Å². The summed E-state index contributed by atoms with van der Waals surface area (Å²) in [7, 11) is 0. The molecular weight excluding hydrogens is 391 g/mol. The molecule has 0 radical (unpaired) electrons. The number of hydrogen-bond donors (Lipinski definition) is 1. The summed E-state index contributed by atoms with van der Waals surface area (Å²) >= 11 is 0. The minimum atomic E-state index is -0.476. The predicted octanol–water partition coefficient (Wildman–Crippen LogP) is 4.04. The molecule has 1 heterocycles. The lowest BCUT2D eigenvalue weighted by Crippen LogP contribution is -2.32. The zero-order valence-electron chi connectivity index (χ0n) is 16.6. The lowest BCUT2D eigenvalue weighted by molar-refractivity contribution is 0.0741. The molecule has 0 aliphatic rings. The fourth-order valence-electron chi connectivity index (χ4n) is 3.21. The normalized spacial score (nSPS) is 10.5. The lowest BCUT2D eigenvalue weighted by atomic mass is 10.1. The van der Waals surface area contributed by atoms with E-state index < -0.39 is 5.82 Å². The molecular formula is C22H26ClFN4O. The van der Waals surface area contributed by atoms with E-state index in [1.165, 1.54) is 6.07 Å². The van der Waals surface area contributed by atoms with Crippen molar-refractivity contribution in [2.24, 2.45) is 5.73 Å². The van der Waals surface area contributed by atoms with Gasteiger partial charge in [-0.05, 0) is 56.6 Å². The number of aryl methyl sites for hydroxylation is 2. The number of halogens is 2. The number of nitrogens with zero attached hydrogens (tertiary/aromatic N) is 3. The molecule has 0 aliphatic heterocycles. The van der Waals surface area contributed by atoms with Crippen LogP contribution >= 0.6 is 12.4 Å². The van der Waals surface area contributed by atoms with Gasteiger partial charge in [0.25, 0.3) is 5.91 Å². The minimum absolute atomic E-state index is 0. The highest BCUT2D eigenvalue weighted by Crippen LogP contribution is 2.19. The molecule has 0 unspecified atom stereocenters. The fourth-order valence-corrected chi connectivity index (χ4v) is 3.21. The Morgan fingerprint density at radius 2 is 1.86 bits per heavy atom. The van der Waals surface area contributed by atoms with Crippen LogP contribution in [0.4, 0.5) is 4.39 Å². The maximum absolute atomic E-state index is 14.8. The SMILES string of the molecule is Cc1cc(C)n(-c2ccc(C(=O)N(CCCN)Cc3ccccc3)cc2F)n1.Cl. The summed E-state index contributed by atoms with van der Waals surface area (Å²) in [6, 6.07) is 16.2. The van der Waals surface area contributed by atoms with Crippen LogP contribution in [0.3, 0.4) is 0 Å². The first-order valence-corrected chi connectivity index (χ1v) is 9.36. The maximum atomic E-state index is 14.8. The maximum Gasteiger partial charge on any atom is 0.254 e. The molecule has 2 N–H and O–H groups in total. The monoisotopic (exact) mass is 416 g/mol. The highest BCUT2D eigenvalue weighted by atomic mass is 35.5. The van der Waals surface area contributed by atoms with Crippen molar-refractivity contribution in [1.29, 1.82) is 0 Å². The Bertz CT molecular complexity index is 959. The van der Waals surface area contributed by atoms with Crippen LogP contribution in [-0.4, -0.2) is 33.7 Å². The molecule has 7 heteroatoms. The van der Waals surface area contributed by atoms with E-state index in [1.54, 1.807) is 21.7 Å². The third-order valence-corrected chi connectivity index (χ3v) is 4.57. The first-order valence-electron chi connectivity index (χ1n) is 9.36. The summed E-state index contributed by atoms with van der Waals surface area (Å²) in [5.74, 6) is -0.688. The standard InChI is InChI=1S/C22H25FN4O.ClH/c1-16-13-17(2)27(25-16)21-10-9-19(14-20(21)23)22(28)26(12-6-11-24)15-18-7-4-3-5-8-18;/h3-5,7-10,13-14H,6,11-12,15,24H2,1-2H3;1H. The number of rotatable bonds is 7. The molecule has 3 aromatic rings. The van der Waals surface area contributed by atoms with Gasteiger partial charge in [0.15, 0.2) is 0 Å². The Balaban J connectivity index is 0.00000300. The van der Waals surface area contributed by atoms with Crippen LogP contribution in [0.2, 0.25) is 0 Å². The van der Waals surface area contributed by atoms with Gasteiger partial charge in [-0.3, -0.25) is 4.79 Å². The van der Waals surface area contributed by atoms with E-state index in [-0.39, 0.29) is 18.3 Å². The Kier molecular flexibility index (Phi) is 7.93. The van der Waals surface area contributed by atoms with E-state index >= 15 is 0 Å². The third kappa shape index (κ3) is 5.43. The van der Waals surface area contributed by atoms with Crippen LogP contribution < -0.4 is 5.73 Å².